The standard InChI is InChI=1S/C10H6F2N2O/c11-6-1-2-7(8(12)5-6)9-10(15)14-4-3-13-9/h1-5H,(H,14,15). The Labute approximate surface area is 83.4 Å². The summed E-state index contributed by atoms with van der Waals surface area (Å²) in [5.41, 5.74) is -0.587. The van der Waals surface area contributed by atoms with E-state index in [9.17, 15) is 13.6 Å². The molecule has 0 amide bonds. The highest BCUT2D eigenvalue weighted by atomic mass is 19.1. The molecule has 0 bridgehead atoms. The van der Waals surface area contributed by atoms with E-state index >= 15 is 0 Å². The van der Waals surface area contributed by atoms with Crippen molar-refractivity contribution >= 4 is 0 Å². The molecule has 0 atom stereocenters. The van der Waals surface area contributed by atoms with Crippen molar-refractivity contribution in [2.75, 3.05) is 0 Å². The summed E-state index contributed by atoms with van der Waals surface area (Å²) in [6.45, 7) is 0. The summed E-state index contributed by atoms with van der Waals surface area (Å²) in [5.74, 6) is -1.50. The van der Waals surface area contributed by atoms with Crippen LogP contribution in [0.1, 0.15) is 0 Å². The summed E-state index contributed by atoms with van der Waals surface area (Å²) >= 11 is 0. The number of H-pyrrole nitrogens is 1. The van der Waals surface area contributed by atoms with Crippen molar-refractivity contribution in [3.05, 3.63) is 52.6 Å². The van der Waals surface area contributed by atoms with Crippen LogP contribution in [0.2, 0.25) is 0 Å². The predicted octanol–water partition coefficient (Wildman–Crippen LogP) is 1.72. The summed E-state index contributed by atoms with van der Waals surface area (Å²) in [6.07, 6.45) is 2.67. The summed E-state index contributed by atoms with van der Waals surface area (Å²) < 4.78 is 25.9. The molecule has 0 aliphatic carbocycles. The quantitative estimate of drug-likeness (QED) is 0.775. The second-order valence-electron chi connectivity index (χ2n) is 2.89. The van der Waals surface area contributed by atoms with Gasteiger partial charge < -0.3 is 4.98 Å². The van der Waals surface area contributed by atoms with Crippen molar-refractivity contribution in [3.63, 3.8) is 0 Å². The molecule has 0 fully saturated rings. The first kappa shape index (κ1) is 9.51. The van der Waals surface area contributed by atoms with Gasteiger partial charge in [0.15, 0.2) is 0 Å². The monoisotopic (exact) mass is 208 g/mol. The van der Waals surface area contributed by atoms with E-state index < -0.39 is 17.2 Å². The van der Waals surface area contributed by atoms with Crippen molar-refractivity contribution in [1.29, 1.82) is 0 Å². The number of aromatic nitrogens is 2. The Morgan fingerprint density at radius 3 is 2.73 bits per heavy atom. The number of halogens is 2. The zero-order valence-corrected chi connectivity index (χ0v) is 7.50. The molecule has 5 heteroatoms. The first-order chi connectivity index (χ1) is 7.18. The highest BCUT2D eigenvalue weighted by molar-refractivity contribution is 5.58. The fourth-order valence-corrected chi connectivity index (χ4v) is 1.23. The van der Waals surface area contributed by atoms with Gasteiger partial charge in [0.1, 0.15) is 17.3 Å². The first-order valence-corrected chi connectivity index (χ1v) is 4.17. The molecule has 2 aromatic rings. The zero-order valence-electron chi connectivity index (χ0n) is 7.50. The van der Waals surface area contributed by atoms with Crippen LogP contribution in [0.25, 0.3) is 11.3 Å². The Hall–Kier alpha value is -2.04. The molecule has 3 nitrogen and oxygen atoms in total. The average Bonchev–Trinajstić information content (AvgIpc) is 2.20. The second-order valence-corrected chi connectivity index (χ2v) is 2.89. The minimum absolute atomic E-state index is 0.0155. The van der Waals surface area contributed by atoms with Crippen molar-refractivity contribution in [2.24, 2.45) is 0 Å². The summed E-state index contributed by atoms with van der Waals surface area (Å²) in [5, 5.41) is 0. The van der Waals surface area contributed by atoms with Crippen LogP contribution < -0.4 is 5.56 Å². The third-order valence-electron chi connectivity index (χ3n) is 1.89. The van der Waals surface area contributed by atoms with Gasteiger partial charge in [0.2, 0.25) is 0 Å². The molecule has 0 spiro atoms. The van der Waals surface area contributed by atoms with Crippen LogP contribution in [0.4, 0.5) is 8.78 Å². The van der Waals surface area contributed by atoms with Gasteiger partial charge in [0.25, 0.3) is 5.56 Å². The molecule has 15 heavy (non-hydrogen) atoms. The molecule has 0 aliphatic rings. The maximum Gasteiger partial charge on any atom is 0.274 e. The minimum atomic E-state index is -0.806. The molecular weight excluding hydrogens is 202 g/mol. The number of nitrogens with one attached hydrogen (secondary N) is 1. The normalized spacial score (nSPS) is 10.3. The molecule has 1 heterocycles. The van der Waals surface area contributed by atoms with E-state index in [4.69, 9.17) is 0 Å². The Morgan fingerprint density at radius 1 is 1.27 bits per heavy atom. The highest BCUT2D eigenvalue weighted by Gasteiger charge is 2.10. The van der Waals surface area contributed by atoms with E-state index in [2.05, 4.69) is 9.97 Å². The number of nitrogens with zero attached hydrogens (tertiary/aromatic N) is 1. The minimum Gasteiger partial charge on any atom is -0.326 e. The van der Waals surface area contributed by atoms with Crippen LogP contribution in [-0.2, 0) is 0 Å². The van der Waals surface area contributed by atoms with E-state index in [0.29, 0.717) is 6.07 Å². The molecule has 0 radical (unpaired) electrons. The fourth-order valence-electron chi connectivity index (χ4n) is 1.23. The molecule has 0 aliphatic heterocycles. The van der Waals surface area contributed by atoms with Gasteiger partial charge in [-0.05, 0) is 12.1 Å². The molecule has 0 saturated carbocycles. The second kappa shape index (κ2) is 3.61. The van der Waals surface area contributed by atoms with Crippen molar-refractivity contribution in [3.8, 4) is 11.3 Å². The SMILES string of the molecule is O=c1[nH]ccnc1-c1ccc(F)cc1F. The predicted molar refractivity (Wildman–Crippen MR) is 50.2 cm³/mol. The van der Waals surface area contributed by atoms with Gasteiger partial charge in [0, 0.05) is 24.0 Å². The molecule has 0 unspecified atom stereocenters. The largest absolute Gasteiger partial charge is 0.326 e. The average molecular weight is 208 g/mol. The first-order valence-electron chi connectivity index (χ1n) is 4.17. The number of rotatable bonds is 1. The molecule has 1 aromatic heterocycles. The third-order valence-corrected chi connectivity index (χ3v) is 1.89. The lowest BCUT2D eigenvalue weighted by Crippen LogP contribution is -2.10. The van der Waals surface area contributed by atoms with Crippen LogP contribution in [0, 0.1) is 11.6 Å². The van der Waals surface area contributed by atoms with Gasteiger partial charge in [-0.2, -0.15) is 0 Å². The fraction of sp³-hybridized carbons (Fsp3) is 0. The van der Waals surface area contributed by atoms with Gasteiger partial charge in [-0.25, -0.2) is 13.8 Å². The number of benzene rings is 1. The summed E-state index contributed by atoms with van der Waals surface area (Å²) in [4.78, 5) is 17.4. The van der Waals surface area contributed by atoms with Gasteiger partial charge in [-0.15, -0.1) is 0 Å². The lowest BCUT2D eigenvalue weighted by Gasteiger charge is -2.00. The van der Waals surface area contributed by atoms with E-state index in [0.717, 1.165) is 6.07 Å². The highest BCUT2D eigenvalue weighted by Crippen LogP contribution is 2.17. The smallest absolute Gasteiger partial charge is 0.274 e. The molecule has 1 N–H and O–H groups in total. The molecule has 0 saturated heterocycles. The van der Waals surface area contributed by atoms with Crippen LogP contribution in [0.3, 0.4) is 0 Å². The Balaban J connectivity index is 2.65. The summed E-state index contributed by atoms with van der Waals surface area (Å²) in [7, 11) is 0. The van der Waals surface area contributed by atoms with E-state index in [1.54, 1.807) is 0 Å². The maximum absolute atomic E-state index is 13.3. The lowest BCUT2D eigenvalue weighted by molar-refractivity contribution is 0.585. The van der Waals surface area contributed by atoms with E-state index in [1.807, 2.05) is 0 Å². The van der Waals surface area contributed by atoms with Crippen molar-refractivity contribution in [1.82, 2.24) is 9.97 Å². The molecular formula is C10H6F2N2O. The molecule has 76 valence electrons. The van der Waals surface area contributed by atoms with Crippen LogP contribution in [0.15, 0.2) is 35.4 Å². The van der Waals surface area contributed by atoms with Crippen molar-refractivity contribution in [2.45, 2.75) is 0 Å². The van der Waals surface area contributed by atoms with Crippen LogP contribution in [0.5, 0.6) is 0 Å². The van der Waals surface area contributed by atoms with Gasteiger partial charge in [0.05, 0.1) is 0 Å². The molecule has 2 rings (SSSR count). The lowest BCUT2D eigenvalue weighted by atomic mass is 10.1. The summed E-state index contributed by atoms with van der Waals surface area (Å²) in [6, 6.07) is 2.97. The van der Waals surface area contributed by atoms with Gasteiger partial charge in [-0.1, -0.05) is 0 Å². The zero-order chi connectivity index (χ0) is 10.8. The number of hydrogen-bond donors (Lipinski definition) is 1. The molecule has 1 aromatic carbocycles. The van der Waals surface area contributed by atoms with Crippen LogP contribution in [-0.4, -0.2) is 9.97 Å². The Bertz CT molecular complexity index is 551. The number of aromatic amines is 1. The van der Waals surface area contributed by atoms with E-state index in [1.165, 1.54) is 18.5 Å². The van der Waals surface area contributed by atoms with Crippen molar-refractivity contribution < 1.29 is 8.78 Å². The Kier molecular flexibility index (Phi) is 2.29. The van der Waals surface area contributed by atoms with Crippen LogP contribution >= 0.6 is 0 Å². The third kappa shape index (κ3) is 1.76. The van der Waals surface area contributed by atoms with E-state index in [-0.39, 0.29) is 11.3 Å². The van der Waals surface area contributed by atoms with Gasteiger partial charge >= 0.3 is 0 Å². The van der Waals surface area contributed by atoms with Gasteiger partial charge in [-0.3, -0.25) is 4.79 Å². The maximum atomic E-state index is 13.3. The topological polar surface area (TPSA) is 45.8 Å². The Morgan fingerprint density at radius 2 is 2.07 bits per heavy atom. The number of hydrogen-bond acceptors (Lipinski definition) is 2.